The minimum absolute atomic E-state index is 0.0463. The Balaban J connectivity index is 1.62. The Bertz CT molecular complexity index is 837. The van der Waals surface area contributed by atoms with Crippen molar-refractivity contribution in [3.63, 3.8) is 0 Å². The number of hydrogen-bond acceptors (Lipinski definition) is 6. The SMILES string of the molecule is CCCCCC(O)c1ccc(N2C(=O)CCC2CSc2nc(C(=O)O)cs2)cc1. The monoisotopic (exact) mass is 434 g/mol. The summed E-state index contributed by atoms with van der Waals surface area (Å²) in [4.78, 5) is 29.4. The molecule has 1 saturated heterocycles. The van der Waals surface area contributed by atoms with Crippen LogP contribution in [-0.4, -0.2) is 38.9 Å². The van der Waals surface area contributed by atoms with Crippen LogP contribution in [0.3, 0.4) is 0 Å². The number of carbonyl (C=O) groups is 2. The number of anilines is 1. The van der Waals surface area contributed by atoms with Gasteiger partial charge in [-0.05, 0) is 30.5 Å². The van der Waals surface area contributed by atoms with E-state index in [4.69, 9.17) is 5.11 Å². The van der Waals surface area contributed by atoms with E-state index in [0.29, 0.717) is 16.5 Å². The van der Waals surface area contributed by atoms with E-state index < -0.39 is 12.1 Å². The molecule has 156 valence electrons. The summed E-state index contributed by atoms with van der Waals surface area (Å²) in [6.45, 7) is 2.14. The van der Waals surface area contributed by atoms with E-state index in [9.17, 15) is 14.7 Å². The number of aromatic nitrogens is 1. The van der Waals surface area contributed by atoms with Crippen LogP contribution < -0.4 is 4.90 Å². The molecule has 29 heavy (non-hydrogen) atoms. The van der Waals surface area contributed by atoms with Gasteiger partial charge in [0.15, 0.2) is 10.0 Å². The number of rotatable bonds is 10. The second-order valence-electron chi connectivity index (χ2n) is 7.17. The van der Waals surface area contributed by atoms with Crippen LogP contribution in [0.25, 0.3) is 0 Å². The summed E-state index contributed by atoms with van der Waals surface area (Å²) in [5, 5.41) is 20.9. The highest BCUT2D eigenvalue weighted by atomic mass is 32.2. The minimum atomic E-state index is -1.03. The molecule has 2 N–H and O–H groups in total. The van der Waals surface area contributed by atoms with Crippen LogP contribution >= 0.6 is 23.1 Å². The Morgan fingerprint density at radius 2 is 2.10 bits per heavy atom. The Kier molecular flexibility index (Phi) is 7.69. The highest BCUT2D eigenvalue weighted by Crippen LogP contribution is 2.33. The third-order valence-corrected chi connectivity index (χ3v) is 7.23. The number of thioether (sulfide) groups is 1. The van der Waals surface area contributed by atoms with Gasteiger partial charge in [-0.3, -0.25) is 4.79 Å². The normalized spacial score (nSPS) is 17.7. The van der Waals surface area contributed by atoms with Gasteiger partial charge in [0.05, 0.1) is 6.10 Å². The maximum atomic E-state index is 12.5. The van der Waals surface area contributed by atoms with Gasteiger partial charge in [0.2, 0.25) is 5.91 Å². The van der Waals surface area contributed by atoms with Crippen LogP contribution in [0.4, 0.5) is 5.69 Å². The Morgan fingerprint density at radius 3 is 2.76 bits per heavy atom. The molecule has 6 nitrogen and oxygen atoms in total. The lowest BCUT2D eigenvalue weighted by Crippen LogP contribution is -2.34. The Morgan fingerprint density at radius 1 is 1.34 bits per heavy atom. The molecular weight excluding hydrogens is 408 g/mol. The lowest BCUT2D eigenvalue weighted by Gasteiger charge is -2.25. The van der Waals surface area contributed by atoms with Crippen molar-refractivity contribution in [1.29, 1.82) is 0 Å². The molecule has 0 radical (unpaired) electrons. The smallest absolute Gasteiger partial charge is 0.355 e. The number of benzene rings is 1. The summed E-state index contributed by atoms with van der Waals surface area (Å²) in [7, 11) is 0. The van der Waals surface area contributed by atoms with Crippen LogP contribution in [0.2, 0.25) is 0 Å². The number of aliphatic hydroxyl groups excluding tert-OH is 1. The number of aromatic carboxylic acids is 1. The largest absolute Gasteiger partial charge is 0.476 e. The molecule has 1 amide bonds. The molecule has 2 heterocycles. The van der Waals surface area contributed by atoms with Gasteiger partial charge in [0, 0.05) is 29.3 Å². The van der Waals surface area contributed by atoms with Gasteiger partial charge in [-0.2, -0.15) is 0 Å². The van der Waals surface area contributed by atoms with Crippen LogP contribution in [0, 0.1) is 0 Å². The fourth-order valence-corrected chi connectivity index (χ4v) is 5.41. The first-order valence-electron chi connectivity index (χ1n) is 9.91. The van der Waals surface area contributed by atoms with Crippen molar-refractivity contribution in [2.45, 2.75) is 61.9 Å². The summed E-state index contributed by atoms with van der Waals surface area (Å²) >= 11 is 2.80. The van der Waals surface area contributed by atoms with E-state index in [1.165, 1.54) is 28.5 Å². The fourth-order valence-electron chi connectivity index (χ4n) is 3.46. The Hall–Kier alpha value is -1.90. The highest BCUT2D eigenvalue weighted by molar-refractivity contribution is 8.01. The quantitative estimate of drug-likeness (QED) is 0.414. The number of nitrogens with zero attached hydrogens (tertiary/aromatic N) is 2. The van der Waals surface area contributed by atoms with Crippen molar-refractivity contribution in [3.8, 4) is 0 Å². The molecule has 1 aliphatic heterocycles. The topological polar surface area (TPSA) is 90.7 Å². The third-order valence-electron chi connectivity index (χ3n) is 5.06. The number of unbranched alkanes of at least 4 members (excludes halogenated alkanes) is 2. The molecule has 0 aliphatic carbocycles. The zero-order chi connectivity index (χ0) is 20.8. The van der Waals surface area contributed by atoms with Crippen molar-refractivity contribution in [1.82, 2.24) is 4.98 Å². The van der Waals surface area contributed by atoms with Gasteiger partial charge in [-0.1, -0.05) is 50.1 Å². The second kappa shape index (κ2) is 10.2. The van der Waals surface area contributed by atoms with Crippen molar-refractivity contribution in [2.75, 3.05) is 10.7 Å². The third kappa shape index (κ3) is 5.58. The van der Waals surface area contributed by atoms with Crippen molar-refractivity contribution in [3.05, 3.63) is 40.9 Å². The number of aliphatic hydroxyl groups is 1. The molecule has 3 rings (SSSR count). The summed E-state index contributed by atoms with van der Waals surface area (Å²) < 4.78 is 0.701. The van der Waals surface area contributed by atoms with E-state index in [-0.39, 0.29) is 17.6 Å². The number of carboxylic acids is 1. The molecule has 1 aromatic heterocycles. The minimum Gasteiger partial charge on any atom is -0.476 e. The Labute approximate surface area is 179 Å². The van der Waals surface area contributed by atoms with Crippen molar-refractivity contribution < 1.29 is 19.8 Å². The molecule has 1 fully saturated rings. The summed E-state index contributed by atoms with van der Waals surface area (Å²) in [6.07, 6.45) is 4.80. The zero-order valence-corrected chi connectivity index (χ0v) is 18.0. The van der Waals surface area contributed by atoms with E-state index in [1.54, 1.807) is 0 Å². The summed E-state index contributed by atoms with van der Waals surface area (Å²) in [5.41, 5.74) is 1.78. The van der Waals surface area contributed by atoms with Crippen molar-refractivity contribution in [2.24, 2.45) is 0 Å². The molecular formula is C21H26N2O4S2. The van der Waals surface area contributed by atoms with E-state index in [1.807, 2.05) is 29.2 Å². The first-order valence-corrected chi connectivity index (χ1v) is 11.8. The maximum absolute atomic E-state index is 12.5. The first-order chi connectivity index (χ1) is 14.0. The van der Waals surface area contributed by atoms with Gasteiger partial charge in [-0.15, -0.1) is 11.3 Å². The van der Waals surface area contributed by atoms with Crippen LogP contribution in [0.1, 0.15) is 67.6 Å². The van der Waals surface area contributed by atoms with Crippen LogP contribution in [0.5, 0.6) is 0 Å². The number of thiazole rings is 1. The first kappa shape index (κ1) is 21.8. The highest BCUT2D eigenvalue weighted by Gasteiger charge is 2.32. The van der Waals surface area contributed by atoms with Crippen LogP contribution in [0.15, 0.2) is 34.0 Å². The summed E-state index contributed by atoms with van der Waals surface area (Å²) in [5.74, 6) is -0.264. The molecule has 2 unspecified atom stereocenters. The number of carbonyl (C=O) groups excluding carboxylic acids is 1. The maximum Gasteiger partial charge on any atom is 0.355 e. The standard InChI is InChI=1S/C21H26N2O4S2/c1-2-3-4-5-18(24)14-6-8-15(9-7-14)23-16(10-11-19(23)25)12-28-21-22-17(13-29-21)20(26)27/h6-9,13,16,18,24H,2-5,10-12H2,1H3,(H,26,27). The average molecular weight is 435 g/mol. The second-order valence-corrected chi connectivity index (χ2v) is 9.30. The predicted octanol–water partition coefficient (Wildman–Crippen LogP) is 4.74. The van der Waals surface area contributed by atoms with Gasteiger partial charge in [0.1, 0.15) is 0 Å². The molecule has 0 spiro atoms. The molecule has 2 aromatic rings. The summed E-state index contributed by atoms with van der Waals surface area (Å²) in [6, 6.07) is 7.67. The average Bonchev–Trinajstić information content (AvgIpc) is 3.33. The van der Waals surface area contributed by atoms with Gasteiger partial charge >= 0.3 is 5.97 Å². The van der Waals surface area contributed by atoms with E-state index in [2.05, 4.69) is 11.9 Å². The molecule has 0 saturated carbocycles. The lowest BCUT2D eigenvalue weighted by atomic mass is 10.0. The van der Waals surface area contributed by atoms with E-state index >= 15 is 0 Å². The van der Waals surface area contributed by atoms with Gasteiger partial charge < -0.3 is 15.1 Å². The molecule has 8 heteroatoms. The zero-order valence-electron chi connectivity index (χ0n) is 16.4. The van der Waals surface area contributed by atoms with Gasteiger partial charge in [0.25, 0.3) is 0 Å². The molecule has 1 aliphatic rings. The number of amides is 1. The number of hydrogen-bond donors (Lipinski definition) is 2. The lowest BCUT2D eigenvalue weighted by molar-refractivity contribution is -0.117. The molecule has 2 atom stereocenters. The van der Waals surface area contributed by atoms with Crippen LogP contribution in [-0.2, 0) is 4.79 Å². The van der Waals surface area contributed by atoms with Gasteiger partial charge in [-0.25, -0.2) is 9.78 Å². The van der Waals surface area contributed by atoms with Crippen molar-refractivity contribution >= 4 is 40.7 Å². The molecule has 1 aromatic carbocycles. The fraction of sp³-hybridized carbons (Fsp3) is 0.476. The predicted molar refractivity (Wildman–Crippen MR) is 116 cm³/mol. The number of carboxylic acid groups (broad SMARTS) is 1. The molecule has 0 bridgehead atoms. The van der Waals surface area contributed by atoms with E-state index in [0.717, 1.165) is 43.4 Å².